The van der Waals surface area contributed by atoms with Crippen LogP contribution in [0.3, 0.4) is 0 Å². The number of aromatic nitrogens is 5. The number of rotatable bonds is 6. The molecule has 0 fully saturated rings. The summed E-state index contributed by atoms with van der Waals surface area (Å²) in [7, 11) is -3.56. The van der Waals surface area contributed by atoms with Gasteiger partial charge in [0.15, 0.2) is 17.0 Å². The third kappa shape index (κ3) is 4.03. The highest BCUT2D eigenvalue weighted by atomic mass is 35.5. The maximum Gasteiger partial charge on any atom is 0.235 e. The highest BCUT2D eigenvalue weighted by Gasteiger charge is 2.13. The maximum atomic E-state index is 12.0. The molecular formula is C13H12ClN7O2S. The van der Waals surface area contributed by atoms with Crippen LogP contribution in [0.25, 0.3) is 11.2 Å². The molecular weight excluding hydrogens is 354 g/mol. The van der Waals surface area contributed by atoms with Crippen molar-refractivity contribution in [2.75, 3.05) is 22.3 Å². The van der Waals surface area contributed by atoms with Crippen molar-refractivity contribution in [2.45, 2.75) is 0 Å². The van der Waals surface area contributed by atoms with Crippen LogP contribution in [0, 0.1) is 0 Å². The third-order valence-corrected chi connectivity index (χ3v) is 4.32. The molecule has 0 unspecified atom stereocenters. The molecule has 0 bridgehead atoms. The minimum atomic E-state index is -3.56. The van der Waals surface area contributed by atoms with Crippen LogP contribution in [0.4, 0.5) is 11.6 Å². The van der Waals surface area contributed by atoms with Crippen molar-refractivity contribution >= 4 is 44.4 Å². The summed E-state index contributed by atoms with van der Waals surface area (Å²) in [6.45, 7) is 0.0984. The Kier molecular flexibility index (Phi) is 4.67. The minimum absolute atomic E-state index is 0.0000299. The van der Waals surface area contributed by atoms with E-state index in [1.165, 1.54) is 18.6 Å². The van der Waals surface area contributed by atoms with Gasteiger partial charge in [0.1, 0.15) is 5.82 Å². The molecule has 9 nitrogen and oxygen atoms in total. The van der Waals surface area contributed by atoms with Gasteiger partial charge in [-0.15, -0.1) is 0 Å². The molecule has 11 heteroatoms. The summed E-state index contributed by atoms with van der Waals surface area (Å²) in [4.78, 5) is 20.0. The van der Waals surface area contributed by atoms with Crippen LogP contribution in [0.2, 0.25) is 5.28 Å². The summed E-state index contributed by atoms with van der Waals surface area (Å²) >= 11 is 5.83. The highest BCUT2D eigenvalue weighted by Crippen LogP contribution is 2.17. The Balaban J connectivity index is 1.68. The first-order valence-corrected chi connectivity index (χ1v) is 8.86. The molecule has 0 amide bonds. The number of nitrogens with one attached hydrogen (secondary N) is 2. The summed E-state index contributed by atoms with van der Waals surface area (Å²) in [5, 5.41) is 2.89. The zero-order valence-electron chi connectivity index (χ0n) is 12.2. The largest absolute Gasteiger partial charge is 0.367 e. The molecule has 2 N–H and O–H groups in total. The van der Waals surface area contributed by atoms with Crippen LogP contribution < -0.4 is 10.0 Å². The van der Waals surface area contributed by atoms with E-state index in [4.69, 9.17) is 11.6 Å². The van der Waals surface area contributed by atoms with E-state index in [-0.39, 0.29) is 23.4 Å². The quantitative estimate of drug-likeness (QED) is 0.627. The fourth-order valence-corrected chi connectivity index (χ4v) is 2.97. The summed E-state index contributed by atoms with van der Waals surface area (Å²) in [5.41, 5.74) is 0.742. The fourth-order valence-electron chi connectivity index (χ4n) is 1.90. The topological polar surface area (TPSA) is 123 Å². The standard InChI is InChI=1S/C13H12ClN7O2S/c14-13-19-11-10(16-5-6-17-11)12(20-13)18-7-8-24(22,23)21-9-3-1-2-4-15-9/h1-6H,7-8H2,(H,15,21)(H,17,18,19,20). The van der Waals surface area contributed by atoms with Gasteiger partial charge in [-0.25, -0.2) is 23.4 Å². The van der Waals surface area contributed by atoms with E-state index >= 15 is 0 Å². The molecule has 0 radical (unpaired) electrons. The lowest BCUT2D eigenvalue weighted by atomic mass is 10.4. The summed E-state index contributed by atoms with van der Waals surface area (Å²) in [5.74, 6) is 0.400. The van der Waals surface area contributed by atoms with Crippen LogP contribution in [-0.4, -0.2) is 45.6 Å². The van der Waals surface area contributed by atoms with Gasteiger partial charge in [-0.1, -0.05) is 6.07 Å². The summed E-state index contributed by atoms with van der Waals surface area (Å²) in [6.07, 6.45) is 4.48. The number of fused-ring (bicyclic) bond motifs is 1. The Hall–Kier alpha value is -2.59. The van der Waals surface area contributed by atoms with Crippen LogP contribution in [-0.2, 0) is 10.0 Å². The lowest BCUT2D eigenvalue weighted by molar-refractivity contribution is 0.601. The van der Waals surface area contributed by atoms with Gasteiger partial charge in [0.2, 0.25) is 15.3 Å². The van der Waals surface area contributed by atoms with E-state index in [1.54, 1.807) is 18.2 Å². The maximum absolute atomic E-state index is 12.0. The molecule has 0 saturated carbocycles. The first-order chi connectivity index (χ1) is 11.5. The van der Waals surface area contributed by atoms with Gasteiger partial charge in [0.25, 0.3) is 0 Å². The monoisotopic (exact) mass is 365 g/mol. The second-order valence-corrected chi connectivity index (χ2v) is 6.81. The smallest absolute Gasteiger partial charge is 0.235 e. The minimum Gasteiger partial charge on any atom is -0.367 e. The molecule has 24 heavy (non-hydrogen) atoms. The Labute approximate surface area is 142 Å². The molecule has 0 saturated heterocycles. The summed E-state index contributed by atoms with van der Waals surface area (Å²) < 4.78 is 26.5. The van der Waals surface area contributed by atoms with Crippen molar-refractivity contribution in [1.82, 2.24) is 24.9 Å². The van der Waals surface area contributed by atoms with E-state index in [0.717, 1.165) is 0 Å². The average molecular weight is 366 g/mol. The van der Waals surface area contributed by atoms with Gasteiger partial charge in [-0.3, -0.25) is 4.72 Å². The zero-order valence-corrected chi connectivity index (χ0v) is 13.8. The number of nitrogens with zero attached hydrogens (tertiary/aromatic N) is 5. The lowest BCUT2D eigenvalue weighted by Gasteiger charge is -2.09. The van der Waals surface area contributed by atoms with Crippen LogP contribution in [0.5, 0.6) is 0 Å². The Morgan fingerprint density at radius 2 is 1.88 bits per heavy atom. The van der Waals surface area contributed by atoms with Gasteiger partial charge < -0.3 is 5.32 Å². The van der Waals surface area contributed by atoms with Gasteiger partial charge in [0, 0.05) is 25.1 Å². The van der Waals surface area contributed by atoms with E-state index in [0.29, 0.717) is 17.0 Å². The summed E-state index contributed by atoms with van der Waals surface area (Å²) in [6, 6.07) is 4.96. The van der Waals surface area contributed by atoms with Crippen molar-refractivity contribution in [3.63, 3.8) is 0 Å². The Morgan fingerprint density at radius 3 is 2.67 bits per heavy atom. The SMILES string of the molecule is O=S(=O)(CCNc1nc(Cl)nc2nccnc12)Nc1ccccn1. The van der Waals surface area contributed by atoms with Crippen molar-refractivity contribution in [2.24, 2.45) is 0 Å². The predicted octanol–water partition coefficient (Wildman–Crippen LogP) is 1.32. The molecule has 3 aromatic heterocycles. The average Bonchev–Trinajstić information content (AvgIpc) is 2.55. The van der Waals surface area contributed by atoms with Crippen molar-refractivity contribution in [3.8, 4) is 0 Å². The zero-order chi connectivity index (χ0) is 17.0. The molecule has 0 aromatic carbocycles. The number of hydrogen-bond acceptors (Lipinski definition) is 8. The Bertz CT molecular complexity index is 953. The third-order valence-electron chi connectivity index (χ3n) is 2.89. The second-order valence-electron chi connectivity index (χ2n) is 4.63. The highest BCUT2D eigenvalue weighted by molar-refractivity contribution is 7.92. The van der Waals surface area contributed by atoms with Gasteiger partial charge in [0.05, 0.1) is 5.75 Å². The predicted molar refractivity (Wildman–Crippen MR) is 90.3 cm³/mol. The van der Waals surface area contributed by atoms with E-state index in [1.807, 2.05) is 0 Å². The first kappa shape index (κ1) is 16.3. The van der Waals surface area contributed by atoms with E-state index in [9.17, 15) is 8.42 Å². The Morgan fingerprint density at radius 1 is 1.04 bits per heavy atom. The molecule has 0 atom stereocenters. The van der Waals surface area contributed by atoms with Gasteiger partial charge in [-0.2, -0.15) is 9.97 Å². The molecule has 124 valence electrons. The van der Waals surface area contributed by atoms with Crippen LogP contribution in [0.1, 0.15) is 0 Å². The van der Waals surface area contributed by atoms with Crippen LogP contribution in [0.15, 0.2) is 36.8 Å². The first-order valence-electron chi connectivity index (χ1n) is 6.83. The number of pyridine rings is 1. The number of halogens is 1. The molecule has 0 aliphatic heterocycles. The molecule has 0 aliphatic carbocycles. The van der Waals surface area contributed by atoms with Gasteiger partial charge in [-0.05, 0) is 23.7 Å². The number of anilines is 2. The number of hydrogen-bond donors (Lipinski definition) is 2. The molecule has 3 aromatic rings. The van der Waals surface area contributed by atoms with E-state index < -0.39 is 10.0 Å². The normalized spacial score (nSPS) is 11.4. The molecule has 3 rings (SSSR count). The fraction of sp³-hybridized carbons (Fsp3) is 0.154. The van der Waals surface area contributed by atoms with Crippen molar-refractivity contribution < 1.29 is 8.42 Å². The van der Waals surface area contributed by atoms with Gasteiger partial charge >= 0.3 is 0 Å². The lowest BCUT2D eigenvalue weighted by Crippen LogP contribution is -2.23. The van der Waals surface area contributed by atoms with E-state index in [2.05, 4.69) is 35.0 Å². The van der Waals surface area contributed by atoms with Crippen molar-refractivity contribution in [1.29, 1.82) is 0 Å². The second kappa shape index (κ2) is 6.89. The van der Waals surface area contributed by atoms with Crippen molar-refractivity contribution in [3.05, 3.63) is 42.1 Å². The molecule has 0 aliphatic rings. The van der Waals surface area contributed by atoms with Crippen LogP contribution >= 0.6 is 11.6 Å². The number of sulfonamides is 1. The molecule has 0 spiro atoms. The molecule has 3 heterocycles.